The minimum atomic E-state index is -0.841. The van der Waals surface area contributed by atoms with Gasteiger partial charge < -0.3 is 10.4 Å². The first-order chi connectivity index (χ1) is 6.18. The molecule has 0 unspecified atom stereocenters. The molecule has 0 aliphatic carbocycles. The number of carboxylic acid groups (broad SMARTS) is 1. The van der Waals surface area contributed by atoms with Gasteiger partial charge in [-0.25, -0.2) is 4.79 Å². The molecular weight excluding hydrogens is 166 g/mol. The first kappa shape index (κ1) is 8.10. The van der Waals surface area contributed by atoms with Crippen LogP contribution in [0.5, 0.6) is 0 Å². The highest BCUT2D eigenvalue weighted by atomic mass is 16.4. The summed E-state index contributed by atoms with van der Waals surface area (Å²) in [7, 11) is 0. The van der Waals surface area contributed by atoms with Gasteiger partial charge in [0.15, 0.2) is 0 Å². The quantitative estimate of drug-likeness (QED) is 0.685. The predicted octanol–water partition coefficient (Wildman–Crippen LogP) is 1.66. The molecule has 1 aliphatic heterocycles. The zero-order chi connectivity index (χ0) is 9.42. The van der Waals surface area contributed by atoms with Gasteiger partial charge in [-0.1, -0.05) is 0 Å². The Hall–Kier alpha value is -1.51. The number of aryl methyl sites for hydroxylation is 1. The molecule has 1 aliphatic rings. The smallest absolute Gasteiger partial charge is 0.335 e. The Kier molecular flexibility index (Phi) is 1.72. The first-order valence-corrected chi connectivity index (χ1v) is 4.29. The number of aromatic carboxylic acids is 1. The Morgan fingerprint density at radius 1 is 1.54 bits per heavy atom. The van der Waals surface area contributed by atoms with E-state index in [9.17, 15) is 4.79 Å². The number of carbonyl (C=O) groups is 1. The molecule has 0 atom stereocenters. The zero-order valence-corrected chi connectivity index (χ0v) is 7.42. The van der Waals surface area contributed by atoms with Gasteiger partial charge in [0.1, 0.15) is 0 Å². The number of rotatable bonds is 1. The van der Waals surface area contributed by atoms with Gasteiger partial charge in [0.05, 0.1) is 5.56 Å². The lowest BCUT2D eigenvalue weighted by atomic mass is 10.0. The van der Waals surface area contributed by atoms with Crippen LogP contribution < -0.4 is 5.32 Å². The van der Waals surface area contributed by atoms with E-state index >= 15 is 0 Å². The summed E-state index contributed by atoms with van der Waals surface area (Å²) in [5, 5.41) is 12.1. The lowest BCUT2D eigenvalue weighted by Crippen LogP contribution is -2.00. The number of hydrogen-bond acceptors (Lipinski definition) is 2. The third kappa shape index (κ3) is 1.26. The number of carboxylic acids is 1. The maximum absolute atomic E-state index is 10.8. The average Bonchev–Trinajstić information content (AvgIpc) is 2.48. The van der Waals surface area contributed by atoms with Crippen molar-refractivity contribution in [2.24, 2.45) is 0 Å². The summed E-state index contributed by atoms with van der Waals surface area (Å²) in [4.78, 5) is 10.8. The third-order valence-corrected chi connectivity index (χ3v) is 2.39. The Balaban J connectivity index is 2.55. The van der Waals surface area contributed by atoms with Gasteiger partial charge in [-0.3, -0.25) is 0 Å². The van der Waals surface area contributed by atoms with E-state index in [-0.39, 0.29) is 0 Å². The fraction of sp³-hybridized carbons (Fsp3) is 0.300. The summed E-state index contributed by atoms with van der Waals surface area (Å²) in [5.74, 6) is -0.841. The fourth-order valence-corrected chi connectivity index (χ4v) is 1.69. The lowest BCUT2D eigenvalue weighted by Gasteiger charge is -2.04. The van der Waals surface area contributed by atoms with Crippen LogP contribution in [0.25, 0.3) is 0 Å². The van der Waals surface area contributed by atoms with E-state index in [1.54, 1.807) is 6.07 Å². The maximum Gasteiger partial charge on any atom is 0.335 e. The summed E-state index contributed by atoms with van der Waals surface area (Å²) in [5.41, 5.74) is 3.44. The van der Waals surface area contributed by atoms with Crippen molar-refractivity contribution in [1.82, 2.24) is 0 Å². The molecule has 3 heteroatoms. The van der Waals surface area contributed by atoms with Crippen molar-refractivity contribution in [1.29, 1.82) is 0 Å². The molecule has 0 amide bonds. The highest BCUT2D eigenvalue weighted by Gasteiger charge is 2.15. The zero-order valence-electron chi connectivity index (χ0n) is 7.42. The van der Waals surface area contributed by atoms with Gasteiger partial charge in [-0.2, -0.15) is 0 Å². The van der Waals surface area contributed by atoms with Crippen molar-refractivity contribution < 1.29 is 9.90 Å². The van der Waals surface area contributed by atoms with E-state index in [2.05, 4.69) is 5.32 Å². The molecule has 68 valence electrons. The van der Waals surface area contributed by atoms with Crippen molar-refractivity contribution in [2.45, 2.75) is 13.3 Å². The maximum atomic E-state index is 10.8. The highest BCUT2D eigenvalue weighted by Crippen LogP contribution is 2.25. The highest BCUT2D eigenvalue weighted by molar-refractivity contribution is 5.90. The number of anilines is 1. The summed E-state index contributed by atoms with van der Waals surface area (Å²) in [6.07, 6.45) is 0.926. The minimum absolute atomic E-state index is 0.419. The molecule has 0 radical (unpaired) electrons. The van der Waals surface area contributed by atoms with Crippen molar-refractivity contribution in [2.75, 3.05) is 11.9 Å². The van der Waals surface area contributed by atoms with Gasteiger partial charge in [0.25, 0.3) is 0 Å². The Bertz CT molecular complexity index is 371. The topological polar surface area (TPSA) is 49.3 Å². The van der Waals surface area contributed by atoms with Crippen molar-refractivity contribution in [3.05, 3.63) is 28.8 Å². The Morgan fingerprint density at radius 3 is 3.00 bits per heavy atom. The van der Waals surface area contributed by atoms with Crippen LogP contribution >= 0.6 is 0 Å². The standard InChI is InChI=1S/C10H11NO2/c1-6-4-9-7(2-3-11-9)5-8(6)10(12)13/h4-5,11H,2-3H2,1H3,(H,12,13). The second kappa shape index (κ2) is 2.76. The molecule has 2 rings (SSSR count). The summed E-state index contributed by atoms with van der Waals surface area (Å²) in [6, 6.07) is 3.68. The fourth-order valence-electron chi connectivity index (χ4n) is 1.69. The van der Waals surface area contributed by atoms with Crippen molar-refractivity contribution in [3.8, 4) is 0 Å². The van der Waals surface area contributed by atoms with E-state index in [1.807, 2.05) is 13.0 Å². The average molecular weight is 177 g/mol. The molecule has 3 nitrogen and oxygen atoms in total. The van der Waals surface area contributed by atoms with Crippen LogP contribution in [0.3, 0.4) is 0 Å². The molecule has 0 saturated heterocycles. The molecule has 13 heavy (non-hydrogen) atoms. The van der Waals surface area contributed by atoms with Gasteiger partial charge >= 0.3 is 5.97 Å². The molecule has 0 fully saturated rings. The Labute approximate surface area is 76.4 Å². The molecule has 0 bridgehead atoms. The van der Waals surface area contributed by atoms with E-state index in [1.165, 1.54) is 0 Å². The normalized spacial score (nSPS) is 13.6. The van der Waals surface area contributed by atoms with Crippen LogP contribution in [0.4, 0.5) is 5.69 Å². The summed E-state index contributed by atoms with van der Waals surface area (Å²) < 4.78 is 0. The molecule has 0 saturated carbocycles. The van der Waals surface area contributed by atoms with E-state index in [0.717, 1.165) is 29.8 Å². The molecule has 0 spiro atoms. The minimum Gasteiger partial charge on any atom is -0.478 e. The second-order valence-corrected chi connectivity index (χ2v) is 3.31. The van der Waals surface area contributed by atoms with Gasteiger partial charge in [0, 0.05) is 12.2 Å². The van der Waals surface area contributed by atoms with Crippen LogP contribution in [0.15, 0.2) is 12.1 Å². The van der Waals surface area contributed by atoms with Gasteiger partial charge in [-0.05, 0) is 36.6 Å². The molecule has 2 N–H and O–H groups in total. The summed E-state index contributed by atoms with van der Waals surface area (Å²) >= 11 is 0. The summed E-state index contributed by atoms with van der Waals surface area (Å²) in [6.45, 7) is 2.74. The van der Waals surface area contributed by atoms with Crippen molar-refractivity contribution >= 4 is 11.7 Å². The number of benzene rings is 1. The third-order valence-electron chi connectivity index (χ3n) is 2.39. The van der Waals surface area contributed by atoms with Crippen LogP contribution in [0.1, 0.15) is 21.5 Å². The van der Waals surface area contributed by atoms with Gasteiger partial charge in [-0.15, -0.1) is 0 Å². The molecular formula is C10H11NO2. The van der Waals surface area contributed by atoms with E-state index < -0.39 is 5.97 Å². The van der Waals surface area contributed by atoms with Crippen LogP contribution in [0.2, 0.25) is 0 Å². The molecule has 1 aromatic rings. The molecule has 1 aromatic carbocycles. The van der Waals surface area contributed by atoms with Crippen LogP contribution in [-0.2, 0) is 6.42 Å². The lowest BCUT2D eigenvalue weighted by molar-refractivity contribution is 0.0696. The van der Waals surface area contributed by atoms with E-state index in [4.69, 9.17) is 5.11 Å². The Morgan fingerprint density at radius 2 is 2.31 bits per heavy atom. The van der Waals surface area contributed by atoms with Crippen molar-refractivity contribution in [3.63, 3.8) is 0 Å². The van der Waals surface area contributed by atoms with Crippen LogP contribution in [-0.4, -0.2) is 17.6 Å². The number of hydrogen-bond donors (Lipinski definition) is 2. The van der Waals surface area contributed by atoms with E-state index in [0.29, 0.717) is 5.56 Å². The largest absolute Gasteiger partial charge is 0.478 e. The van der Waals surface area contributed by atoms with Crippen LogP contribution in [0, 0.1) is 6.92 Å². The first-order valence-electron chi connectivity index (χ1n) is 4.29. The number of nitrogens with one attached hydrogen (secondary N) is 1. The monoisotopic (exact) mass is 177 g/mol. The van der Waals surface area contributed by atoms with Gasteiger partial charge in [0.2, 0.25) is 0 Å². The predicted molar refractivity (Wildman–Crippen MR) is 50.3 cm³/mol. The molecule has 1 heterocycles. The second-order valence-electron chi connectivity index (χ2n) is 3.31. The SMILES string of the molecule is Cc1cc2c(cc1C(=O)O)CCN2. The molecule has 0 aromatic heterocycles. The number of fused-ring (bicyclic) bond motifs is 1.